The van der Waals surface area contributed by atoms with Crippen LogP contribution in [0.3, 0.4) is 0 Å². The van der Waals surface area contributed by atoms with E-state index in [-0.39, 0.29) is 24.6 Å². The van der Waals surface area contributed by atoms with Crippen molar-refractivity contribution in [3.63, 3.8) is 0 Å². The molecule has 2 N–H and O–H groups in total. The fourth-order valence-corrected chi connectivity index (χ4v) is 2.86. The molecule has 0 saturated carbocycles. The van der Waals surface area contributed by atoms with Gasteiger partial charge in [-0.15, -0.1) is 0 Å². The lowest BCUT2D eigenvalue weighted by atomic mass is 9.85. The third kappa shape index (κ3) is 4.16. The highest BCUT2D eigenvalue weighted by Gasteiger charge is 2.22. The summed E-state index contributed by atoms with van der Waals surface area (Å²) < 4.78 is 0. The van der Waals surface area contributed by atoms with Crippen LogP contribution in [0.1, 0.15) is 37.3 Å². The van der Waals surface area contributed by atoms with Crippen LogP contribution in [0.15, 0.2) is 60.7 Å². The summed E-state index contributed by atoms with van der Waals surface area (Å²) in [4.78, 5) is 0. The Bertz CT molecular complexity index is 468. The quantitative estimate of drug-likeness (QED) is 0.814. The van der Waals surface area contributed by atoms with E-state index in [0.29, 0.717) is 0 Å². The first kappa shape index (κ1) is 15.7. The summed E-state index contributed by atoms with van der Waals surface area (Å²) in [7, 11) is 0. The van der Waals surface area contributed by atoms with Crippen LogP contribution in [0, 0.1) is 0 Å². The molecule has 0 aliphatic rings. The Labute approximate surface area is 127 Å². The molecule has 0 radical (unpaired) electrons. The zero-order valence-electron chi connectivity index (χ0n) is 12.9. The molecule has 2 unspecified atom stereocenters. The molecule has 2 nitrogen and oxygen atoms in total. The van der Waals surface area contributed by atoms with Gasteiger partial charge in [-0.25, -0.2) is 0 Å². The summed E-state index contributed by atoms with van der Waals surface area (Å²) in [6.45, 7) is 4.47. The molecule has 21 heavy (non-hydrogen) atoms. The summed E-state index contributed by atoms with van der Waals surface area (Å²) in [5.41, 5.74) is 2.60. The number of nitrogens with one attached hydrogen (secondary N) is 1. The Morgan fingerprint density at radius 3 is 1.76 bits per heavy atom. The highest BCUT2D eigenvalue weighted by molar-refractivity contribution is 5.34. The summed E-state index contributed by atoms with van der Waals surface area (Å²) in [5.74, 6) is 0.285. The van der Waals surface area contributed by atoms with Gasteiger partial charge in [0.15, 0.2) is 0 Å². The van der Waals surface area contributed by atoms with E-state index in [1.54, 1.807) is 0 Å². The highest BCUT2D eigenvalue weighted by atomic mass is 16.3. The number of aliphatic hydroxyl groups is 1. The van der Waals surface area contributed by atoms with Gasteiger partial charge in [0.1, 0.15) is 0 Å². The lowest BCUT2D eigenvalue weighted by molar-refractivity contribution is 0.226. The van der Waals surface area contributed by atoms with Crippen molar-refractivity contribution in [2.45, 2.75) is 38.3 Å². The van der Waals surface area contributed by atoms with E-state index < -0.39 is 0 Å². The summed E-state index contributed by atoms with van der Waals surface area (Å²) in [6, 6.07) is 21.5. The molecule has 2 aromatic rings. The minimum atomic E-state index is 0.148. The molecular weight excluding hydrogens is 258 g/mol. The number of hydrogen-bond acceptors (Lipinski definition) is 2. The van der Waals surface area contributed by atoms with Crippen LogP contribution in [0.25, 0.3) is 0 Å². The van der Waals surface area contributed by atoms with Crippen molar-refractivity contribution in [2.75, 3.05) is 6.61 Å². The summed E-state index contributed by atoms with van der Waals surface area (Å²) in [6.07, 6.45) is 0.928. The molecule has 0 fully saturated rings. The Kier molecular flexibility index (Phi) is 5.97. The molecule has 2 aromatic carbocycles. The molecule has 112 valence electrons. The fraction of sp³-hybridized carbons (Fsp3) is 0.368. The molecule has 0 aromatic heterocycles. The van der Waals surface area contributed by atoms with E-state index in [2.05, 4.69) is 67.7 Å². The SMILES string of the molecule is CCC(CO)NC(C)C(c1ccccc1)c1ccccc1. The van der Waals surface area contributed by atoms with E-state index in [4.69, 9.17) is 0 Å². The van der Waals surface area contributed by atoms with Crippen LogP contribution in [-0.4, -0.2) is 23.8 Å². The fourth-order valence-electron chi connectivity index (χ4n) is 2.86. The average molecular weight is 283 g/mol. The van der Waals surface area contributed by atoms with Gasteiger partial charge in [-0.05, 0) is 24.5 Å². The number of benzene rings is 2. The number of hydrogen-bond donors (Lipinski definition) is 2. The van der Waals surface area contributed by atoms with Crippen LogP contribution >= 0.6 is 0 Å². The molecule has 0 aliphatic carbocycles. The van der Waals surface area contributed by atoms with Crippen LogP contribution < -0.4 is 5.32 Å². The van der Waals surface area contributed by atoms with Crippen LogP contribution in [0.4, 0.5) is 0 Å². The van der Waals surface area contributed by atoms with Gasteiger partial charge in [0.25, 0.3) is 0 Å². The Balaban J connectivity index is 2.28. The van der Waals surface area contributed by atoms with E-state index in [0.717, 1.165) is 6.42 Å². The average Bonchev–Trinajstić information content (AvgIpc) is 2.55. The Morgan fingerprint density at radius 1 is 0.905 bits per heavy atom. The number of rotatable bonds is 7. The third-order valence-electron chi connectivity index (χ3n) is 4.03. The zero-order chi connectivity index (χ0) is 15.1. The molecule has 0 saturated heterocycles. The Hall–Kier alpha value is -1.64. The molecular formula is C19H25NO. The maximum absolute atomic E-state index is 9.44. The topological polar surface area (TPSA) is 32.3 Å². The molecule has 2 atom stereocenters. The van der Waals surface area contributed by atoms with E-state index in [1.165, 1.54) is 11.1 Å². The summed E-state index contributed by atoms with van der Waals surface area (Å²) in [5, 5.41) is 13.0. The maximum atomic E-state index is 9.44. The first-order valence-corrected chi connectivity index (χ1v) is 7.73. The molecule has 0 aliphatic heterocycles. The second kappa shape index (κ2) is 7.96. The van der Waals surface area contributed by atoms with Crippen LogP contribution in [-0.2, 0) is 0 Å². The van der Waals surface area contributed by atoms with Gasteiger partial charge in [0.05, 0.1) is 6.61 Å². The van der Waals surface area contributed by atoms with Crippen molar-refractivity contribution in [3.8, 4) is 0 Å². The minimum absolute atomic E-state index is 0.148. The lowest BCUT2D eigenvalue weighted by Crippen LogP contribution is -2.42. The van der Waals surface area contributed by atoms with Crippen molar-refractivity contribution in [1.82, 2.24) is 5.32 Å². The van der Waals surface area contributed by atoms with Crippen molar-refractivity contribution in [3.05, 3.63) is 71.8 Å². The standard InChI is InChI=1S/C19H25NO/c1-3-18(14-21)20-15(2)19(16-10-6-4-7-11-16)17-12-8-5-9-13-17/h4-13,15,18-21H,3,14H2,1-2H3. The molecule has 2 rings (SSSR count). The van der Waals surface area contributed by atoms with Gasteiger partial charge in [0, 0.05) is 18.0 Å². The highest BCUT2D eigenvalue weighted by Crippen LogP contribution is 2.28. The second-order valence-electron chi connectivity index (χ2n) is 5.54. The predicted molar refractivity (Wildman–Crippen MR) is 88.5 cm³/mol. The van der Waals surface area contributed by atoms with Gasteiger partial charge < -0.3 is 10.4 Å². The van der Waals surface area contributed by atoms with Crippen molar-refractivity contribution in [2.24, 2.45) is 0 Å². The van der Waals surface area contributed by atoms with Crippen LogP contribution in [0.5, 0.6) is 0 Å². The van der Waals surface area contributed by atoms with Gasteiger partial charge in [0.2, 0.25) is 0 Å². The molecule has 0 amide bonds. The third-order valence-corrected chi connectivity index (χ3v) is 4.03. The van der Waals surface area contributed by atoms with E-state index in [9.17, 15) is 5.11 Å². The normalized spacial score (nSPS) is 14.1. The zero-order valence-corrected chi connectivity index (χ0v) is 12.9. The lowest BCUT2D eigenvalue weighted by Gasteiger charge is -2.29. The van der Waals surface area contributed by atoms with E-state index >= 15 is 0 Å². The van der Waals surface area contributed by atoms with Crippen molar-refractivity contribution in [1.29, 1.82) is 0 Å². The van der Waals surface area contributed by atoms with Gasteiger partial charge in [-0.3, -0.25) is 0 Å². The van der Waals surface area contributed by atoms with Gasteiger partial charge >= 0.3 is 0 Å². The van der Waals surface area contributed by atoms with Crippen molar-refractivity contribution < 1.29 is 5.11 Å². The summed E-state index contributed by atoms with van der Waals surface area (Å²) >= 11 is 0. The van der Waals surface area contributed by atoms with E-state index in [1.807, 2.05) is 12.1 Å². The first-order chi connectivity index (χ1) is 10.3. The molecule has 0 bridgehead atoms. The molecule has 0 spiro atoms. The van der Waals surface area contributed by atoms with Crippen LogP contribution in [0.2, 0.25) is 0 Å². The minimum Gasteiger partial charge on any atom is -0.395 e. The first-order valence-electron chi connectivity index (χ1n) is 7.73. The van der Waals surface area contributed by atoms with Gasteiger partial charge in [-0.2, -0.15) is 0 Å². The van der Waals surface area contributed by atoms with Crippen molar-refractivity contribution >= 4 is 0 Å². The van der Waals surface area contributed by atoms with Gasteiger partial charge in [-0.1, -0.05) is 67.6 Å². The largest absolute Gasteiger partial charge is 0.395 e. The monoisotopic (exact) mass is 283 g/mol. The second-order valence-corrected chi connectivity index (χ2v) is 5.54. The maximum Gasteiger partial charge on any atom is 0.0584 e. The smallest absolute Gasteiger partial charge is 0.0584 e. The number of aliphatic hydroxyl groups excluding tert-OH is 1. The Morgan fingerprint density at radius 2 is 1.38 bits per heavy atom. The predicted octanol–water partition coefficient (Wildman–Crippen LogP) is 3.57. The molecule has 0 heterocycles. The molecule has 2 heteroatoms.